The van der Waals surface area contributed by atoms with Gasteiger partial charge in [0, 0.05) is 30.2 Å². The van der Waals surface area contributed by atoms with E-state index in [-0.39, 0.29) is 4.90 Å². The summed E-state index contributed by atoms with van der Waals surface area (Å²) in [6.45, 7) is 2.40. The zero-order valence-corrected chi connectivity index (χ0v) is 17.6. The van der Waals surface area contributed by atoms with Crippen LogP contribution in [0.1, 0.15) is 12.3 Å². The lowest BCUT2D eigenvalue weighted by molar-refractivity contribution is 0.251. The molecule has 3 aromatic rings. The molecule has 30 heavy (non-hydrogen) atoms. The van der Waals surface area contributed by atoms with Crippen molar-refractivity contribution in [2.24, 2.45) is 0 Å². The summed E-state index contributed by atoms with van der Waals surface area (Å²) in [6, 6.07) is 12.0. The first-order valence-electron chi connectivity index (χ1n) is 9.48. The summed E-state index contributed by atoms with van der Waals surface area (Å²) in [5.74, 6) is 0.417. The van der Waals surface area contributed by atoms with Gasteiger partial charge in [-0.2, -0.15) is 4.31 Å². The van der Waals surface area contributed by atoms with Gasteiger partial charge in [0.1, 0.15) is 5.82 Å². The maximum Gasteiger partial charge on any atom is 0.247 e. The van der Waals surface area contributed by atoms with Gasteiger partial charge in [-0.25, -0.2) is 12.8 Å². The zero-order valence-electron chi connectivity index (χ0n) is 16.0. The van der Waals surface area contributed by atoms with Gasteiger partial charge in [-0.1, -0.05) is 11.6 Å². The van der Waals surface area contributed by atoms with E-state index < -0.39 is 15.8 Å². The number of hydrogen-bond acceptors (Lipinski definition) is 6. The molecule has 10 heteroatoms. The molecular weight excluding hydrogens is 431 g/mol. The third kappa shape index (κ3) is 4.70. The van der Waals surface area contributed by atoms with Crippen LogP contribution in [-0.4, -0.2) is 54.0 Å². The van der Waals surface area contributed by atoms with Gasteiger partial charge in [0.2, 0.25) is 21.8 Å². The minimum atomic E-state index is -3.66. The van der Waals surface area contributed by atoms with Gasteiger partial charge in [0.05, 0.1) is 11.4 Å². The Kier molecular flexibility index (Phi) is 6.14. The molecule has 1 aromatic heterocycles. The average Bonchev–Trinajstić information content (AvgIpc) is 3.06. The van der Waals surface area contributed by atoms with Crippen LogP contribution >= 0.6 is 11.6 Å². The number of nitrogens with zero attached hydrogens (tertiary/aromatic N) is 4. The molecule has 7 nitrogen and oxygen atoms in total. The molecule has 1 aliphatic rings. The standard InChI is InChI=1S/C20H20ClFN4O3S/c21-16-4-2-15(3-5-16)20-24-23-19(29-20)14-25-10-1-11-26(13-12-25)30(27,28)18-8-6-17(22)7-9-18/h2-9H,1,10-14H2. The molecule has 1 saturated heterocycles. The molecular formula is C20H20ClFN4O3S. The van der Waals surface area contributed by atoms with Crippen LogP contribution < -0.4 is 0 Å². The van der Waals surface area contributed by atoms with Crippen LogP contribution in [0.3, 0.4) is 0 Å². The van der Waals surface area contributed by atoms with Crippen molar-refractivity contribution in [1.82, 2.24) is 19.4 Å². The minimum absolute atomic E-state index is 0.0989. The van der Waals surface area contributed by atoms with E-state index in [9.17, 15) is 12.8 Å². The van der Waals surface area contributed by atoms with Crippen molar-refractivity contribution in [3.8, 4) is 11.5 Å². The topological polar surface area (TPSA) is 79.5 Å². The molecule has 4 rings (SSSR count). The highest BCUT2D eigenvalue weighted by molar-refractivity contribution is 7.89. The maximum atomic E-state index is 13.1. The van der Waals surface area contributed by atoms with Gasteiger partial charge in [-0.3, -0.25) is 4.90 Å². The lowest BCUT2D eigenvalue weighted by Gasteiger charge is -2.21. The summed E-state index contributed by atoms with van der Waals surface area (Å²) >= 11 is 5.90. The highest BCUT2D eigenvalue weighted by Gasteiger charge is 2.27. The number of aromatic nitrogens is 2. The number of halogens is 2. The molecule has 1 aliphatic heterocycles. The minimum Gasteiger partial charge on any atom is -0.419 e. The third-order valence-electron chi connectivity index (χ3n) is 4.92. The first kappa shape index (κ1) is 20.9. The summed E-state index contributed by atoms with van der Waals surface area (Å²) in [5, 5.41) is 8.82. The van der Waals surface area contributed by atoms with Crippen LogP contribution in [-0.2, 0) is 16.6 Å². The normalized spacial score (nSPS) is 16.5. The molecule has 158 valence electrons. The Morgan fingerprint density at radius 3 is 2.43 bits per heavy atom. The summed E-state index contributed by atoms with van der Waals surface area (Å²) in [4.78, 5) is 2.18. The van der Waals surface area contributed by atoms with Crippen LogP contribution in [0.25, 0.3) is 11.5 Å². The van der Waals surface area contributed by atoms with E-state index in [2.05, 4.69) is 15.1 Å². The molecule has 0 amide bonds. The zero-order chi connectivity index (χ0) is 21.1. The van der Waals surface area contributed by atoms with Crippen LogP contribution in [0.5, 0.6) is 0 Å². The number of sulfonamides is 1. The molecule has 0 unspecified atom stereocenters. The fourth-order valence-corrected chi connectivity index (χ4v) is 4.91. The summed E-state index contributed by atoms with van der Waals surface area (Å²) in [6.07, 6.45) is 0.665. The van der Waals surface area contributed by atoms with E-state index in [0.29, 0.717) is 55.9 Å². The van der Waals surface area contributed by atoms with Gasteiger partial charge in [-0.15, -0.1) is 10.2 Å². The molecule has 0 bridgehead atoms. The average molecular weight is 451 g/mol. The Morgan fingerprint density at radius 2 is 1.70 bits per heavy atom. The molecule has 0 radical (unpaired) electrons. The lowest BCUT2D eigenvalue weighted by Crippen LogP contribution is -2.35. The fraction of sp³-hybridized carbons (Fsp3) is 0.300. The second-order valence-electron chi connectivity index (χ2n) is 7.00. The van der Waals surface area contributed by atoms with Gasteiger partial charge in [0.25, 0.3) is 0 Å². The largest absolute Gasteiger partial charge is 0.419 e. The van der Waals surface area contributed by atoms with E-state index in [1.54, 1.807) is 12.1 Å². The van der Waals surface area contributed by atoms with Crippen molar-refractivity contribution in [2.45, 2.75) is 17.9 Å². The van der Waals surface area contributed by atoms with Crippen LogP contribution in [0.4, 0.5) is 4.39 Å². The second-order valence-corrected chi connectivity index (χ2v) is 9.37. The predicted molar refractivity (Wildman–Crippen MR) is 110 cm³/mol. The Hall–Kier alpha value is -2.33. The molecule has 0 atom stereocenters. The first-order valence-corrected chi connectivity index (χ1v) is 11.3. The molecule has 0 saturated carbocycles. The first-order chi connectivity index (χ1) is 14.4. The lowest BCUT2D eigenvalue weighted by atomic mass is 10.2. The SMILES string of the molecule is O=S(=O)(c1ccc(F)cc1)N1CCCN(Cc2nnc(-c3ccc(Cl)cc3)o2)CC1. The molecule has 2 heterocycles. The van der Waals surface area contributed by atoms with Crippen molar-refractivity contribution in [3.05, 3.63) is 65.3 Å². The Bertz CT molecular complexity index is 1100. The number of rotatable bonds is 5. The number of hydrogen-bond donors (Lipinski definition) is 0. The van der Waals surface area contributed by atoms with Crippen molar-refractivity contribution in [1.29, 1.82) is 0 Å². The van der Waals surface area contributed by atoms with Crippen molar-refractivity contribution in [3.63, 3.8) is 0 Å². The summed E-state index contributed by atoms with van der Waals surface area (Å²) in [7, 11) is -3.66. The Labute approximate surface area is 179 Å². The molecule has 2 aromatic carbocycles. The van der Waals surface area contributed by atoms with E-state index in [1.807, 2.05) is 12.1 Å². The number of benzene rings is 2. The molecule has 0 N–H and O–H groups in total. The van der Waals surface area contributed by atoms with Gasteiger partial charge in [-0.05, 0) is 61.5 Å². The van der Waals surface area contributed by atoms with Crippen LogP contribution in [0.2, 0.25) is 5.02 Å². The van der Waals surface area contributed by atoms with Gasteiger partial charge in [0.15, 0.2) is 0 Å². The van der Waals surface area contributed by atoms with Crippen LogP contribution in [0.15, 0.2) is 57.8 Å². The van der Waals surface area contributed by atoms with E-state index >= 15 is 0 Å². The smallest absolute Gasteiger partial charge is 0.247 e. The monoisotopic (exact) mass is 450 g/mol. The molecule has 0 spiro atoms. The second kappa shape index (κ2) is 8.81. The fourth-order valence-electron chi connectivity index (χ4n) is 3.32. The van der Waals surface area contributed by atoms with Crippen molar-refractivity contribution < 1.29 is 17.2 Å². The quantitative estimate of drug-likeness (QED) is 0.592. The van der Waals surface area contributed by atoms with Gasteiger partial charge < -0.3 is 4.42 Å². The molecule has 0 aliphatic carbocycles. The van der Waals surface area contributed by atoms with Gasteiger partial charge >= 0.3 is 0 Å². The Balaban J connectivity index is 1.40. The summed E-state index contributed by atoms with van der Waals surface area (Å²) in [5.41, 5.74) is 0.783. The van der Waals surface area contributed by atoms with E-state index in [4.69, 9.17) is 16.0 Å². The highest BCUT2D eigenvalue weighted by Crippen LogP contribution is 2.22. The highest BCUT2D eigenvalue weighted by atomic mass is 35.5. The van der Waals surface area contributed by atoms with Crippen molar-refractivity contribution in [2.75, 3.05) is 26.2 Å². The van der Waals surface area contributed by atoms with E-state index in [1.165, 1.54) is 16.4 Å². The molecule has 1 fully saturated rings. The predicted octanol–water partition coefficient (Wildman–Crippen LogP) is 3.43. The van der Waals surface area contributed by atoms with Crippen molar-refractivity contribution >= 4 is 21.6 Å². The maximum absolute atomic E-state index is 13.1. The summed E-state index contributed by atoms with van der Waals surface area (Å²) < 4.78 is 46.0. The third-order valence-corrected chi connectivity index (χ3v) is 7.08. The Morgan fingerprint density at radius 1 is 0.967 bits per heavy atom. The van der Waals surface area contributed by atoms with E-state index in [0.717, 1.165) is 17.7 Å². The van der Waals surface area contributed by atoms with Crippen LogP contribution in [0, 0.1) is 5.82 Å².